The van der Waals surface area contributed by atoms with Gasteiger partial charge < -0.3 is 103 Å². The standard InChI is InChI=1S/C29H38ClN3O6.2C22H30ClNO6.C21H28ClNO6/c1-15-12-16(2)32-26(35)21(15)14-31-25(34)20-13-22(30)24-23(17(20)3)37-29(7,38-24)18-8-10-19(11-9-18)33-27(36)39-28(4,5)6;2*1-12-15(19(25)27-6)11-16(23)18-17(12)28-22(5,29-18)13-7-9-14(10-8-13)24-20(26)30-21(2,3)4;1-11-14(18(24)25)10-15(22)17-16(11)27-21(5,28-17)12-6-8-13(9-7-12)23-19(26)29-20(2,3)4/h12-13,18-19H,8-11,14H2,1-7H3,(H,31,34)(H,32,35)(H,33,36);2*11,13-14H,7-10H2,1-6H3,(H,24,26);10,12-13H,6-9H2,1-5H3,(H,23,26)(H,24,25)/t18?,19?,29-;13?,14?,22-;;12?,13?,21-/m11.1/s1. The Hall–Kier alpha value is -9.65. The van der Waals surface area contributed by atoms with Crippen LogP contribution in [0.4, 0.5) is 19.2 Å². The molecule has 5 aromatic rings. The summed E-state index contributed by atoms with van der Waals surface area (Å²) in [6.07, 6.45) is 11.0. The van der Waals surface area contributed by atoms with Crippen LogP contribution >= 0.6 is 46.4 Å². The van der Waals surface area contributed by atoms with Crippen LogP contribution in [0.15, 0.2) is 35.1 Å². The summed E-state index contributed by atoms with van der Waals surface area (Å²) in [5.41, 5.74) is 3.33. The SMILES string of the molecule is COC(=O)c1cc(Cl)c2c(c1C)OC(C)(C1CCC(NC(=O)OC(C)(C)C)CC1)O2.COC(=O)c1cc(Cl)c2c(c1C)O[C@@](C)(C1CCC(NC(=O)OC(C)(C)C)CC1)O2.Cc1c(C(=O)O)cc(Cl)c2c1O[C@@](C)(C1CCC(NC(=O)OC(C)(C)C)CC1)O2.Cc1cc(C)c(CNC(=O)c2cc(Cl)c3c(c2C)O[C@@](C)(C2CCC(NC(=O)OC(C)(C)C)CC2)O3)c(=O)[nH]1. The Kier molecular flexibility index (Phi) is 31.1. The van der Waals surface area contributed by atoms with E-state index in [1.165, 1.54) is 20.3 Å². The number of nitrogens with one attached hydrogen (secondary N) is 6. The van der Waals surface area contributed by atoms with Crippen molar-refractivity contribution in [3.8, 4) is 46.0 Å². The number of aromatic amines is 1. The number of amides is 5. The van der Waals surface area contributed by atoms with E-state index in [1.54, 1.807) is 45.9 Å². The number of aromatic nitrogens is 1. The molecule has 128 heavy (non-hydrogen) atoms. The fraction of sp³-hybridized carbons (Fsp3) is 0.606. The molecule has 4 fully saturated rings. The molecule has 0 radical (unpaired) electrons. The lowest BCUT2D eigenvalue weighted by Gasteiger charge is -2.37. The van der Waals surface area contributed by atoms with Crippen molar-refractivity contribution in [1.82, 2.24) is 31.6 Å². The number of carbonyl (C=O) groups excluding carboxylic acids is 7. The first-order valence-electron chi connectivity index (χ1n) is 43.6. The summed E-state index contributed by atoms with van der Waals surface area (Å²) in [7, 11) is 2.66. The molecule has 5 amide bonds. The van der Waals surface area contributed by atoms with Gasteiger partial charge in [0.25, 0.3) is 34.6 Å². The number of esters is 2. The highest BCUT2D eigenvalue weighted by Gasteiger charge is 2.53. The van der Waals surface area contributed by atoms with Gasteiger partial charge in [0.1, 0.15) is 22.4 Å². The fourth-order valence-corrected chi connectivity index (χ4v) is 18.4. The normalized spacial score (nSPS) is 24.7. The number of carbonyl (C=O) groups is 8. The van der Waals surface area contributed by atoms with Crippen molar-refractivity contribution in [1.29, 1.82) is 0 Å². The largest absolute Gasteiger partial charge is 0.478 e. The van der Waals surface area contributed by atoms with Crippen LogP contribution in [0.2, 0.25) is 20.1 Å². The second kappa shape index (κ2) is 39.6. The number of aromatic carboxylic acids is 1. The second-order valence-corrected chi connectivity index (χ2v) is 40.5. The number of alkyl carbamates (subject to hydrolysis) is 4. The summed E-state index contributed by atoms with van der Waals surface area (Å²) < 4.78 is 80.8. The van der Waals surface area contributed by atoms with Crippen molar-refractivity contribution >= 4 is 94.6 Å². The summed E-state index contributed by atoms with van der Waals surface area (Å²) in [5, 5.41) is 25.1. The maximum absolute atomic E-state index is 13.1. The number of carboxylic acids is 1. The predicted molar refractivity (Wildman–Crippen MR) is 481 cm³/mol. The number of aryl methyl sites for hydroxylation is 2. The van der Waals surface area contributed by atoms with E-state index in [0.717, 1.165) is 114 Å². The zero-order chi connectivity index (χ0) is 94.8. The average Bonchev–Trinajstić information content (AvgIpc) is 1.62. The molecule has 0 spiro atoms. The molecule has 4 atom stereocenters. The number of rotatable bonds is 14. The summed E-state index contributed by atoms with van der Waals surface area (Å²) >= 11 is 25.6. The van der Waals surface area contributed by atoms with Gasteiger partial charge in [0.2, 0.25) is 0 Å². The number of pyridine rings is 1. The van der Waals surface area contributed by atoms with Gasteiger partial charge in [0.05, 0.1) is 51.0 Å². The van der Waals surface area contributed by atoms with Crippen LogP contribution in [0.25, 0.3) is 0 Å². The molecule has 0 bridgehead atoms. The first-order chi connectivity index (χ1) is 59.4. The van der Waals surface area contributed by atoms with Gasteiger partial charge in [-0.15, -0.1) is 0 Å². The second-order valence-electron chi connectivity index (χ2n) is 38.8. The van der Waals surface area contributed by atoms with Gasteiger partial charge in [-0.25, -0.2) is 33.6 Å². The third-order valence-electron chi connectivity index (χ3n) is 24.2. The lowest BCUT2D eigenvalue weighted by Crippen LogP contribution is -2.48. The lowest BCUT2D eigenvalue weighted by molar-refractivity contribution is -0.121. The van der Waals surface area contributed by atoms with Crippen LogP contribution in [-0.2, 0) is 35.0 Å². The van der Waals surface area contributed by atoms with Gasteiger partial charge >= 0.3 is 42.3 Å². The van der Waals surface area contributed by atoms with Gasteiger partial charge in [0.15, 0.2) is 46.0 Å². The predicted octanol–water partition coefficient (Wildman–Crippen LogP) is 20.4. The highest BCUT2D eigenvalue weighted by atomic mass is 35.5. The van der Waals surface area contributed by atoms with Gasteiger partial charge in [-0.1, -0.05) is 46.4 Å². The smallest absolute Gasteiger partial charge is 0.407 e. The monoisotopic (exact) mass is 1860 g/mol. The molecule has 30 nitrogen and oxygen atoms in total. The molecule has 704 valence electrons. The van der Waals surface area contributed by atoms with E-state index < -0.39 is 87.8 Å². The summed E-state index contributed by atoms with van der Waals surface area (Å²) in [5.74, 6) is -2.09. The number of fused-ring (bicyclic) bond motifs is 4. The highest BCUT2D eigenvalue weighted by Crippen LogP contribution is 2.57. The molecule has 0 saturated heterocycles. The van der Waals surface area contributed by atoms with Gasteiger partial charge in [-0.2, -0.15) is 0 Å². The van der Waals surface area contributed by atoms with Crippen molar-refractivity contribution in [3.05, 3.63) is 122 Å². The van der Waals surface area contributed by atoms with E-state index in [0.29, 0.717) is 101 Å². The van der Waals surface area contributed by atoms with E-state index in [9.17, 15) is 48.3 Å². The van der Waals surface area contributed by atoms with Crippen molar-refractivity contribution in [2.75, 3.05) is 14.2 Å². The molecule has 4 aliphatic carbocycles. The molecule has 4 saturated carbocycles. The highest BCUT2D eigenvalue weighted by molar-refractivity contribution is 6.34. The quantitative estimate of drug-likeness (QED) is 0.0401. The van der Waals surface area contributed by atoms with Crippen molar-refractivity contribution < 1.29 is 110 Å². The van der Waals surface area contributed by atoms with Gasteiger partial charge in [0, 0.05) is 121 Å². The molecule has 13 rings (SSSR count). The number of halogens is 4. The van der Waals surface area contributed by atoms with E-state index in [2.05, 4.69) is 31.6 Å². The molecular formula is C94H126Cl4N6O24. The van der Waals surface area contributed by atoms with E-state index in [4.69, 9.17) is 113 Å². The van der Waals surface area contributed by atoms with Crippen LogP contribution in [-0.4, -0.2) is 142 Å². The third-order valence-corrected chi connectivity index (χ3v) is 25.3. The van der Waals surface area contributed by atoms with E-state index in [1.807, 2.05) is 131 Å². The Morgan fingerprint density at radius 2 is 0.617 bits per heavy atom. The minimum absolute atomic E-state index is 0.0218. The summed E-state index contributed by atoms with van der Waals surface area (Å²) in [6.45, 7) is 40.4. The van der Waals surface area contributed by atoms with Crippen molar-refractivity contribution in [2.45, 2.75) is 331 Å². The fourth-order valence-electron chi connectivity index (χ4n) is 17.5. The molecule has 7 N–H and O–H groups in total. The average molecular weight is 1870 g/mol. The first kappa shape index (κ1) is 100. The van der Waals surface area contributed by atoms with Crippen LogP contribution in [0, 0.1) is 65.2 Å². The molecule has 5 heterocycles. The van der Waals surface area contributed by atoms with Crippen molar-refractivity contribution in [2.24, 2.45) is 23.7 Å². The maximum Gasteiger partial charge on any atom is 0.407 e. The molecule has 1 aromatic heterocycles. The van der Waals surface area contributed by atoms with E-state index in [-0.39, 0.29) is 81.5 Å². The summed E-state index contributed by atoms with van der Waals surface area (Å²) in [6, 6.07) is 8.12. The minimum Gasteiger partial charge on any atom is -0.478 e. The molecule has 4 aromatic carbocycles. The Morgan fingerprint density at radius 3 is 0.859 bits per heavy atom. The molecular weight excluding hydrogens is 1740 g/mol. The number of ether oxygens (including phenoxy) is 14. The Morgan fingerprint density at radius 1 is 0.383 bits per heavy atom. The van der Waals surface area contributed by atoms with Crippen LogP contribution in [0.3, 0.4) is 0 Å². The topological polar surface area (TPSA) is 379 Å². The number of hydrogen-bond acceptors (Lipinski definition) is 23. The summed E-state index contributed by atoms with van der Waals surface area (Å²) in [4.78, 5) is 112. The zero-order valence-electron chi connectivity index (χ0n) is 77.9. The van der Waals surface area contributed by atoms with E-state index >= 15 is 0 Å². The number of benzene rings is 4. The molecule has 8 aliphatic rings. The molecule has 4 aliphatic heterocycles. The number of carboxylic acid groups (broad SMARTS) is 1. The van der Waals surface area contributed by atoms with Crippen LogP contribution in [0.5, 0.6) is 46.0 Å². The molecule has 1 unspecified atom stereocenters. The molecule has 34 heteroatoms. The van der Waals surface area contributed by atoms with Crippen molar-refractivity contribution in [3.63, 3.8) is 0 Å². The Labute approximate surface area is 768 Å². The number of methoxy groups -OCH3 is 2. The Balaban J connectivity index is 0.000000179. The number of hydrogen-bond donors (Lipinski definition) is 7. The first-order valence-corrected chi connectivity index (χ1v) is 45.1. The zero-order valence-corrected chi connectivity index (χ0v) is 80.9. The van der Waals surface area contributed by atoms with Crippen LogP contribution < -0.4 is 70.0 Å². The maximum atomic E-state index is 13.1. The Bertz CT molecular complexity index is 4940. The number of H-pyrrole nitrogens is 1. The lowest BCUT2D eigenvalue weighted by atomic mass is 9.81. The van der Waals surface area contributed by atoms with Gasteiger partial charge in [-0.3, -0.25) is 9.59 Å². The third kappa shape index (κ3) is 24.5. The van der Waals surface area contributed by atoms with Crippen LogP contribution in [0.1, 0.15) is 294 Å². The van der Waals surface area contributed by atoms with Gasteiger partial charge in [-0.05, 0) is 263 Å². The minimum atomic E-state index is -1.06.